The first-order chi connectivity index (χ1) is 16.6. The molecule has 3 aromatic carbocycles. The highest BCUT2D eigenvalue weighted by molar-refractivity contribution is 7.89. The molecule has 4 rings (SSSR count). The van der Waals surface area contributed by atoms with Crippen LogP contribution in [0.2, 0.25) is 0 Å². The normalized spacial score (nSPS) is 18.9. The highest BCUT2D eigenvalue weighted by atomic mass is 32.2. The molecule has 0 spiro atoms. The highest BCUT2D eigenvalue weighted by Gasteiger charge is 2.51. The number of amides is 2. The minimum absolute atomic E-state index is 0.0328. The van der Waals surface area contributed by atoms with E-state index in [0.717, 1.165) is 15.4 Å². The molecule has 1 aliphatic heterocycles. The number of benzene rings is 3. The first kappa shape index (κ1) is 24.6. The monoisotopic (exact) mass is 495 g/mol. The van der Waals surface area contributed by atoms with Crippen molar-refractivity contribution in [3.63, 3.8) is 0 Å². The Bertz CT molecular complexity index is 1330. The van der Waals surface area contributed by atoms with Gasteiger partial charge in [0.2, 0.25) is 21.8 Å². The van der Waals surface area contributed by atoms with Crippen LogP contribution < -0.4 is 10.2 Å². The Kier molecular flexibility index (Phi) is 6.73. The zero-order chi connectivity index (χ0) is 25.2. The quantitative estimate of drug-likeness (QED) is 0.569. The number of rotatable bonds is 6. The van der Waals surface area contributed by atoms with Crippen molar-refractivity contribution in [2.24, 2.45) is 0 Å². The number of carbonyl (C=O) groups is 2. The molecule has 1 fully saturated rings. The maximum Gasteiger partial charge on any atom is 0.247 e. The topological polar surface area (TPSA) is 86.8 Å². The number of anilines is 1. The van der Waals surface area contributed by atoms with Gasteiger partial charge in [0, 0.05) is 18.8 Å². The Balaban J connectivity index is 1.69. The van der Waals surface area contributed by atoms with E-state index < -0.39 is 39.7 Å². The van der Waals surface area contributed by atoms with Crippen molar-refractivity contribution >= 4 is 27.5 Å². The maximum atomic E-state index is 13.6. The van der Waals surface area contributed by atoms with Crippen molar-refractivity contribution < 1.29 is 22.4 Å². The molecule has 2 amide bonds. The number of piperazine rings is 1. The van der Waals surface area contributed by atoms with Gasteiger partial charge in [-0.2, -0.15) is 4.31 Å². The van der Waals surface area contributed by atoms with Gasteiger partial charge in [0.25, 0.3) is 0 Å². The van der Waals surface area contributed by atoms with E-state index in [-0.39, 0.29) is 18.0 Å². The second-order valence-corrected chi connectivity index (χ2v) is 10.7. The van der Waals surface area contributed by atoms with Crippen LogP contribution in [0.25, 0.3) is 0 Å². The van der Waals surface area contributed by atoms with Crippen LogP contribution in [0.5, 0.6) is 0 Å². The molecule has 7 nitrogen and oxygen atoms in total. The molecule has 3 aromatic rings. The number of hydrogen-bond acceptors (Lipinski definition) is 4. The Labute approximate surface area is 204 Å². The van der Waals surface area contributed by atoms with E-state index in [4.69, 9.17) is 0 Å². The second kappa shape index (κ2) is 9.59. The number of nitrogens with one attached hydrogen (secondary N) is 1. The third kappa shape index (κ3) is 4.96. The summed E-state index contributed by atoms with van der Waals surface area (Å²) in [7, 11) is -4.04. The zero-order valence-electron chi connectivity index (χ0n) is 19.4. The van der Waals surface area contributed by atoms with E-state index in [1.807, 2.05) is 31.2 Å². The lowest BCUT2D eigenvalue weighted by molar-refractivity contribution is -0.133. The van der Waals surface area contributed by atoms with Gasteiger partial charge in [0.15, 0.2) is 0 Å². The Morgan fingerprint density at radius 2 is 1.63 bits per heavy atom. The number of halogens is 1. The van der Waals surface area contributed by atoms with Crippen molar-refractivity contribution in [3.8, 4) is 0 Å². The van der Waals surface area contributed by atoms with Gasteiger partial charge >= 0.3 is 0 Å². The molecular weight excluding hydrogens is 469 g/mol. The average molecular weight is 496 g/mol. The van der Waals surface area contributed by atoms with Gasteiger partial charge in [-0.25, -0.2) is 12.8 Å². The lowest BCUT2D eigenvalue weighted by Crippen LogP contribution is -2.70. The fraction of sp³-hybridized carbons (Fsp3) is 0.231. The Morgan fingerprint density at radius 1 is 1.00 bits per heavy atom. The van der Waals surface area contributed by atoms with Crippen molar-refractivity contribution in [1.29, 1.82) is 0 Å². The molecule has 182 valence electrons. The maximum absolute atomic E-state index is 13.6. The van der Waals surface area contributed by atoms with Gasteiger partial charge in [0.05, 0.1) is 11.4 Å². The molecule has 1 heterocycles. The minimum Gasteiger partial charge on any atom is -0.350 e. The smallest absolute Gasteiger partial charge is 0.247 e. The molecule has 0 saturated carbocycles. The van der Waals surface area contributed by atoms with Crippen molar-refractivity contribution in [2.75, 3.05) is 18.0 Å². The van der Waals surface area contributed by atoms with E-state index in [9.17, 15) is 22.4 Å². The fourth-order valence-electron chi connectivity index (χ4n) is 4.15. The minimum atomic E-state index is -4.04. The summed E-state index contributed by atoms with van der Waals surface area (Å²) in [4.78, 5) is 28.2. The van der Waals surface area contributed by atoms with E-state index in [1.165, 1.54) is 48.2 Å². The summed E-state index contributed by atoms with van der Waals surface area (Å²) in [5.41, 5.74) is 0.659. The molecule has 9 heteroatoms. The molecule has 0 aliphatic carbocycles. The third-order valence-electron chi connectivity index (χ3n) is 6.07. The Hall–Kier alpha value is -3.56. The number of nitrogens with zero attached hydrogens (tertiary/aromatic N) is 2. The molecule has 1 unspecified atom stereocenters. The van der Waals surface area contributed by atoms with Crippen molar-refractivity contribution in [2.45, 2.75) is 30.8 Å². The first-order valence-corrected chi connectivity index (χ1v) is 12.5. The molecule has 0 bridgehead atoms. The van der Waals surface area contributed by atoms with Gasteiger partial charge in [-0.3, -0.25) is 14.5 Å². The molecule has 0 aromatic heterocycles. The van der Waals surface area contributed by atoms with Gasteiger partial charge in [0.1, 0.15) is 11.4 Å². The van der Waals surface area contributed by atoms with Crippen LogP contribution in [0.4, 0.5) is 10.1 Å². The average Bonchev–Trinajstić information content (AvgIpc) is 2.84. The number of aryl methyl sites for hydroxylation is 1. The van der Waals surface area contributed by atoms with Gasteiger partial charge < -0.3 is 5.32 Å². The molecule has 1 atom stereocenters. The first-order valence-electron chi connectivity index (χ1n) is 11.1. The second-order valence-electron chi connectivity index (χ2n) is 8.73. The van der Waals surface area contributed by atoms with Gasteiger partial charge in [-0.15, -0.1) is 0 Å². The summed E-state index contributed by atoms with van der Waals surface area (Å²) in [5, 5.41) is 2.84. The predicted octanol–water partition coefficient (Wildman–Crippen LogP) is 3.25. The fourth-order valence-corrected chi connectivity index (χ4v) is 5.65. The summed E-state index contributed by atoms with van der Waals surface area (Å²) in [6, 6.07) is 20.6. The Morgan fingerprint density at radius 3 is 2.26 bits per heavy atom. The predicted molar refractivity (Wildman–Crippen MR) is 131 cm³/mol. The van der Waals surface area contributed by atoms with Crippen LogP contribution in [-0.4, -0.2) is 43.2 Å². The number of hydrogen-bond donors (Lipinski definition) is 1. The van der Waals surface area contributed by atoms with E-state index >= 15 is 0 Å². The molecule has 1 N–H and O–H groups in total. The lowest BCUT2D eigenvalue weighted by atomic mass is 9.94. The number of carbonyl (C=O) groups excluding carboxylic acids is 2. The SMILES string of the molecule is Cc1ccc(CNC(=O)C2(C)CN(S(=O)(=O)c3ccccc3)CC(=O)N2c2ccc(F)cc2)cc1. The molecule has 1 saturated heterocycles. The summed E-state index contributed by atoms with van der Waals surface area (Å²) < 4.78 is 41.2. The molecule has 0 radical (unpaired) electrons. The number of sulfonamides is 1. The molecule has 35 heavy (non-hydrogen) atoms. The summed E-state index contributed by atoms with van der Waals surface area (Å²) in [5.74, 6) is -1.60. The summed E-state index contributed by atoms with van der Waals surface area (Å²) in [6.07, 6.45) is 0. The highest BCUT2D eigenvalue weighted by Crippen LogP contribution is 2.32. The zero-order valence-corrected chi connectivity index (χ0v) is 20.3. The van der Waals surface area contributed by atoms with E-state index in [0.29, 0.717) is 5.69 Å². The van der Waals surface area contributed by atoms with Crippen LogP contribution >= 0.6 is 0 Å². The van der Waals surface area contributed by atoms with Crippen LogP contribution in [0.1, 0.15) is 18.1 Å². The third-order valence-corrected chi connectivity index (χ3v) is 7.87. The van der Waals surface area contributed by atoms with Crippen molar-refractivity contribution in [3.05, 3.63) is 95.8 Å². The largest absolute Gasteiger partial charge is 0.350 e. The van der Waals surface area contributed by atoms with Crippen LogP contribution in [0.15, 0.2) is 83.8 Å². The molecule has 1 aliphatic rings. The van der Waals surface area contributed by atoms with E-state index in [1.54, 1.807) is 18.2 Å². The van der Waals surface area contributed by atoms with E-state index in [2.05, 4.69) is 5.32 Å². The molecular formula is C26H26FN3O4S. The summed E-state index contributed by atoms with van der Waals surface area (Å²) >= 11 is 0. The van der Waals surface area contributed by atoms with Crippen LogP contribution in [0, 0.1) is 12.7 Å². The summed E-state index contributed by atoms with van der Waals surface area (Å²) in [6.45, 7) is 2.96. The van der Waals surface area contributed by atoms with Crippen molar-refractivity contribution in [1.82, 2.24) is 9.62 Å². The van der Waals surface area contributed by atoms with Crippen LogP contribution in [-0.2, 0) is 26.2 Å². The van der Waals surface area contributed by atoms with Crippen LogP contribution in [0.3, 0.4) is 0 Å². The van der Waals surface area contributed by atoms with Gasteiger partial charge in [-0.1, -0.05) is 48.0 Å². The standard InChI is InChI=1S/C26H26FN3O4S/c1-19-8-10-20(11-9-19)16-28-25(32)26(2)18-29(35(33,34)23-6-4-3-5-7-23)17-24(31)30(26)22-14-12-21(27)13-15-22/h3-15H,16-18H2,1-2H3,(H,28,32). The lowest BCUT2D eigenvalue weighted by Gasteiger charge is -2.46. The van der Waals surface area contributed by atoms with Gasteiger partial charge in [-0.05, 0) is 55.8 Å².